The largest absolute Gasteiger partial charge is 0.468 e. The SMILES string of the molecule is C/C=C1\C(O[C@@H]2O[C@H](CO)[C@@H](O)[C@H](O)[C@H]2O)OC=C2C(=O)OC3CC(C(C)CO[C@@H]4O[C@H](CO)[C@@H](O)[C@H](O)[C@H]4O)C(COC(=O)CC21)C3C. The van der Waals surface area contributed by atoms with Crippen molar-refractivity contribution in [3.05, 3.63) is 23.5 Å². The number of esters is 2. The molecule has 7 unspecified atom stereocenters. The number of hydrogen-bond acceptors (Lipinski definition) is 17. The van der Waals surface area contributed by atoms with Crippen molar-refractivity contribution in [3.8, 4) is 0 Å². The summed E-state index contributed by atoms with van der Waals surface area (Å²) in [7, 11) is 0. The van der Waals surface area contributed by atoms with Gasteiger partial charge in [0, 0.05) is 17.4 Å². The number of carbonyl (C=O) groups is 2. The Balaban J connectivity index is 1.28. The van der Waals surface area contributed by atoms with E-state index in [1.54, 1.807) is 13.0 Å². The van der Waals surface area contributed by atoms with Crippen molar-refractivity contribution in [2.75, 3.05) is 26.4 Å². The van der Waals surface area contributed by atoms with Gasteiger partial charge in [-0.3, -0.25) is 4.79 Å². The van der Waals surface area contributed by atoms with Crippen LogP contribution in [-0.2, 0) is 42.7 Å². The average molecular weight is 705 g/mol. The number of aliphatic hydroxyl groups excluding tert-OH is 8. The molecule has 4 aliphatic heterocycles. The van der Waals surface area contributed by atoms with Crippen LogP contribution in [0.1, 0.15) is 33.6 Å². The van der Waals surface area contributed by atoms with Gasteiger partial charge in [-0.05, 0) is 31.1 Å². The smallest absolute Gasteiger partial charge is 0.338 e. The molecule has 2 bridgehead atoms. The Kier molecular flexibility index (Phi) is 12.4. The molecule has 0 spiro atoms. The van der Waals surface area contributed by atoms with Crippen LogP contribution in [0.25, 0.3) is 0 Å². The molecule has 5 rings (SSSR count). The molecule has 278 valence electrons. The first-order chi connectivity index (χ1) is 23.3. The monoisotopic (exact) mass is 704 g/mol. The van der Waals surface area contributed by atoms with Crippen LogP contribution in [0.2, 0.25) is 0 Å². The molecule has 3 saturated heterocycles. The van der Waals surface area contributed by atoms with E-state index in [1.165, 1.54) is 0 Å². The highest BCUT2D eigenvalue weighted by atomic mass is 16.8. The second kappa shape index (κ2) is 16.0. The summed E-state index contributed by atoms with van der Waals surface area (Å²) < 4.78 is 40.0. The third kappa shape index (κ3) is 7.68. The Morgan fingerprint density at radius 1 is 0.918 bits per heavy atom. The Hall–Kier alpha value is -2.26. The third-order valence-corrected chi connectivity index (χ3v) is 10.5. The van der Waals surface area contributed by atoms with E-state index in [2.05, 4.69) is 0 Å². The first kappa shape index (κ1) is 38.0. The lowest BCUT2D eigenvalue weighted by atomic mass is 9.83. The van der Waals surface area contributed by atoms with Crippen molar-refractivity contribution in [1.82, 2.24) is 0 Å². The first-order valence-corrected chi connectivity index (χ1v) is 16.6. The van der Waals surface area contributed by atoms with E-state index in [4.69, 9.17) is 33.2 Å². The maximum absolute atomic E-state index is 13.7. The lowest BCUT2D eigenvalue weighted by molar-refractivity contribution is -0.327. The number of aliphatic hydroxyl groups is 8. The fraction of sp³-hybridized carbons (Fsp3) is 0.812. The molecule has 0 aromatic rings. The zero-order valence-corrected chi connectivity index (χ0v) is 27.5. The molecular weight excluding hydrogens is 656 g/mol. The van der Waals surface area contributed by atoms with Gasteiger partial charge < -0.3 is 74.0 Å². The minimum absolute atomic E-state index is 0.0152. The molecule has 8 N–H and O–H groups in total. The van der Waals surface area contributed by atoms with E-state index in [0.29, 0.717) is 12.0 Å². The predicted octanol–water partition coefficient (Wildman–Crippen LogP) is -2.81. The minimum atomic E-state index is -1.71. The molecule has 49 heavy (non-hydrogen) atoms. The Labute approximate surface area is 282 Å². The quantitative estimate of drug-likeness (QED) is 0.0937. The maximum Gasteiger partial charge on any atom is 0.338 e. The summed E-state index contributed by atoms with van der Waals surface area (Å²) in [5.41, 5.74) is 0.351. The van der Waals surface area contributed by atoms with Crippen molar-refractivity contribution in [1.29, 1.82) is 0 Å². The summed E-state index contributed by atoms with van der Waals surface area (Å²) in [6, 6.07) is 0. The van der Waals surface area contributed by atoms with Crippen LogP contribution < -0.4 is 0 Å². The van der Waals surface area contributed by atoms with Crippen LogP contribution in [0.5, 0.6) is 0 Å². The van der Waals surface area contributed by atoms with Crippen LogP contribution in [0.3, 0.4) is 0 Å². The summed E-state index contributed by atoms with van der Waals surface area (Å²) in [4.78, 5) is 27.0. The lowest BCUT2D eigenvalue weighted by Crippen LogP contribution is -2.60. The van der Waals surface area contributed by atoms with Gasteiger partial charge in [-0.1, -0.05) is 19.9 Å². The summed E-state index contributed by atoms with van der Waals surface area (Å²) in [5, 5.41) is 80.3. The molecule has 0 radical (unpaired) electrons. The molecular formula is C32H48O17. The van der Waals surface area contributed by atoms with Gasteiger partial charge in [0.1, 0.15) is 54.9 Å². The molecule has 0 aromatic heterocycles. The molecule has 17 heteroatoms. The fourth-order valence-corrected chi connectivity index (χ4v) is 7.41. The highest BCUT2D eigenvalue weighted by Gasteiger charge is 2.50. The first-order valence-electron chi connectivity index (χ1n) is 16.6. The number of cyclic esters (lactones) is 1. The minimum Gasteiger partial charge on any atom is -0.468 e. The van der Waals surface area contributed by atoms with E-state index in [9.17, 15) is 50.4 Å². The van der Waals surface area contributed by atoms with Gasteiger partial charge in [-0.15, -0.1) is 0 Å². The molecule has 0 aromatic carbocycles. The Morgan fingerprint density at radius 3 is 2.14 bits per heavy atom. The van der Waals surface area contributed by atoms with Crippen LogP contribution in [0.15, 0.2) is 23.5 Å². The molecule has 4 fully saturated rings. The summed E-state index contributed by atoms with van der Waals surface area (Å²) in [6.07, 6.45) is -13.9. The molecule has 17 atom stereocenters. The number of ether oxygens (including phenoxy) is 7. The Bertz CT molecular complexity index is 1220. The van der Waals surface area contributed by atoms with Gasteiger partial charge in [0.25, 0.3) is 0 Å². The highest BCUT2D eigenvalue weighted by molar-refractivity contribution is 5.91. The van der Waals surface area contributed by atoms with E-state index in [-0.39, 0.29) is 48.9 Å². The second-order valence-corrected chi connectivity index (χ2v) is 13.5. The molecule has 17 nitrogen and oxygen atoms in total. The summed E-state index contributed by atoms with van der Waals surface area (Å²) in [6.45, 7) is 4.20. The van der Waals surface area contributed by atoms with E-state index in [1.807, 2.05) is 13.8 Å². The van der Waals surface area contributed by atoms with Gasteiger partial charge in [-0.2, -0.15) is 0 Å². The molecule has 4 heterocycles. The van der Waals surface area contributed by atoms with Gasteiger partial charge in [0.2, 0.25) is 6.29 Å². The zero-order valence-electron chi connectivity index (χ0n) is 27.5. The highest BCUT2D eigenvalue weighted by Crippen LogP contribution is 2.45. The molecule has 1 saturated carbocycles. The van der Waals surface area contributed by atoms with Crippen LogP contribution >= 0.6 is 0 Å². The van der Waals surface area contributed by atoms with Crippen molar-refractivity contribution >= 4 is 11.9 Å². The van der Waals surface area contributed by atoms with E-state index < -0.39 is 105 Å². The van der Waals surface area contributed by atoms with Crippen LogP contribution in [0, 0.1) is 29.6 Å². The third-order valence-electron chi connectivity index (χ3n) is 10.5. The molecule has 5 aliphatic rings. The predicted molar refractivity (Wildman–Crippen MR) is 160 cm³/mol. The molecule has 1 aliphatic carbocycles. The van der Waals surface area contributed by atoms with Crippen molar-refractivity contribution in [2.45, 2.75) is 107 Å². The number of carbonyl (C=O) groups excluding carboxylic acids is 2. The molecule has 0 amide bonds. The van der Waals surface area contributed by atoms with E-state index >= 15 is 0 Å². The number of fused-ring (bicyclic) bond motifs is 3. The van der Waals surface area contributed by atoms with E-state index in [0.717, 1.165) is 6.26 Å². The number of hydrogen-bond donors (Lipinski definition) is 8. The van der Waals surface area contributed by atoms with Crippen molar-refractivity contribution in [2.24, 2.45) is 29.6 Å². The lowest BCUT2D eigenvalue weighted by Gasteiger charge is -2.42. The van der Waals surface area contributed by atoms with Crippen LogP contribution in [-0.4, -0.2) is 153 Å². The topological polar surface area (TPSA) is 261 Å². The van der Waals surface area contributed by atoms with Gasteiger partial charge in [0.15, 0.2) is 12.6 Å². The Morgan fingerprint density at radius 2 is 1.53 bits per heavy atom. The average Bonchev–Trinajstić information content (AvgIpc) is 3.39. The number of rotatable bonds is 8. The zero-order chi connectivity index (χ0) is 35.7. The van der Waals surface area contributed by atoms with Crippen molar-refractivity contribution in [3.63, 3.8) is 0 Å². The summed E-state index contributed by atoms with van der Waals surface area (Å²) >= 11 is 0. The number of allylic oxidation sites excluding steroid dienone is 1. The van der Waals surface area contributed by atoms with Gasteiger partial charge >= 0.3 is 11.9 Å². The van der Waals surface area contributed by atoms with Gasteiger partial charge in [0.05, 0.1) is 44.7 Å². The van der Waals surface area contributed by atoms with Gasteiger partial charge in [-0.25, -0.2) is 4.79 Å². The van der Waals surface area contributed by atoms with Crippen molar-refractivity contribution < 1.29 is 83.6 Å². The maximum atomic E-state index is 13.7. The van der Waals surface area contributed by atoms with Crippen LogP contribution in [0.4, 0.5) is 0 Å². The normalized spacial score (nSPS) is 46.1. The fourth-order valence-electron chi connectivity index (χ4n) is 7.41. The standard InChI is InChI=1S/C32H48O17/c1-4-14-16-6-22(35)43-10-17-13(3)19(5-15(17)12(2)9-44-31-27(40)25(38)23(36)20(7-33)47-31)46-29(42)18(16)11-45-30(14)49-32-28(41)26(39)24(37)21(8-34)48-32/h4,11-13,15-17,19-21,23-28,30-34,36-41H,5-10H2,1-3H3/b14-4-/t12?,13?,15?,16?,17?,19?,20-,21-,23-,24-,25+,26+,27-,28-,30?,31-,32+/m1/s1. The second-order valence-electron chi connectivity index (χ2n) is 13.5. The summed E-state index contributed by atoms with van der Waals surface area (Å²) in [5.74, 6) is -3.11.